The quantitative estimate of drug-likeness (QED) is 0.853. The predicted octanol–water partition coefficient (Wildman–Crippen LogP) is 3.11. The fraction of sp³-hybridized carbons (Fsp3) is 0.353. The van der Waals surface area contributed by atoms with Crippen LogP contribution in [0.2, 0.25) is 0 Å². The molecule has 1 aromatic carbocycles. The van der Waals surface area contributed by atoms with Gasteiger partial charge in [-0.2, -0.15) is 0 Å². The summed E-state index contributed by atoms with van der Waals surface area (Å²) in [4.78, 5) is 28.4. The van der Waals surface area contributed by atoms with Crippen LogP contribution in [-0.2, 0) is 16.0 Å². The van der Waals surface area contributed by atoms with Gasteiger partial charge in [0.25, 0.3) is 0 Å². The van der Waals surface area contributed by atoms with Gasteiger partial charge in [0.1, 0.15) is 0 Å². The van der Waals surface area contributed by atoms with Crippen LogP contribution in [-0.4, -0.2) is 23.3 Å². The zero-order valence-corrected chi connectivity index (χ0v) is 15.0. The number of thiazole rings is 1. The highest BCUT2D eigenvalue weighted by atomic mass is 32.1. The second-order valence-electron chi connectivity index (χ2n) is 6.54. The Morgan fingerprint density at radius 3 is 2.56 bits per heavy atom. The molecule has 0 aliphatic heterocycles. The molecule has 1 heterocycles. The van der Waals surface area contributed by atoms with Crippen molar-refractivity contribution in [2.45, 2.75) is 27.2 Å². The molecule has 25 heavy (non-hydrogen) atoms. The molecule has 2 N–H and O–H groups in total. The molecule has 0 unspecified atom stereocenters. The smallest absolute Gasteiger partial charge is 0.245 e. The monoisotopic (exact) mass is 367 g/mol. The SMILES string of the molecule is CC(C)(C)C(=O)NCC(=O)Nc1ncc(Cc2ccc(F)c(F)c2)s1. The van der Waals surface area contributed by atoms with Gasteiger partial charge in [0.2, 0.25) is 11.8 Å². The van der Waals surface area contributed by atoms with Gasteiger partial charge in [0.05, 0.1) is 6.54 Å². The maximum atomic E-state index is 13.2. The van der Waals surface area contributed by atoms with Crippen LogP contribution >= 0.6 is 11.3 Å². The van der Waals surface area contributed by atoms with Gasteiger partial charge in [0, 0.05) is 22.9 Å². The summed E-state index contributed by atoms with van der Waals surface area (Å²) in [6, 6.07) is 3.71. The zero-order chi connectivity index (χ0) is 18.6. The van der Waals surface area contributed by atoms with E-state index in [0.717, 1.165) is 17.0 Å². The normalized spacial score (nSPS) is 11.2. The van der Waals surface area contributed by atoms with E-state index in [-0.39, 0.29) is 18.4 Å². The molecular formula is C17H19F2N3O2S. The molecule has 2 aromatic rings. The Bertz CT molecular complexity index is 784. The van der Waals surface area contributed by atoms with Gasteiger partial charge in [-0.1, -0.05) is 26.8 Å². The van der Waals surface area contributed by atoms with Crippen molar-refractivity contribution in [2.24, 2.45) is 5.41 Å². The molecule has 0 atom stereocenters. The van der Waals surface area contributed by atoms with Gasteiger partial charge in [0.15, 0.2) is 16.8 Å². The van der Waals surface area contributed by atoms with Gasteiger partial charge < -0.3 is 10.6 Å². The number of nitrogens with one attached hydrogen (secondary N) is 2. The van der Waals surface area contributed by atoms with Crippen LogP contribution in [0.4, 0.5) is 13.9 Å². The molecule has 0 saturated heterocycles. The number of hydrogen-bond donors (Lipinski definition) is 2. The summed E-state index contributed by atoms with van der Waals surface area (Å²) < 4.78 is 26.1. The van der Waals surface area contributed by atoms with Crippen molar-refractivity contribution in [1.29, 1.82) is 0 Å². The molecule has 134 valence electrons. The first-order chi connectivity index (χ1) is 11.6. The van der Waals surface area contributed by atoms with Crippen molar-refractivity contribution in [1.82, 2.24) is 10.3 Å². The van der Waals surface area contributed by atoms with E-state index >= 15 is 0 Å². The van der Waals surface area contributed by atoms with Crippen LogP contribution in [0, 0.1) is 17.0 Å². The number of carbonyl (C=O) groups is 2. The Balaban J connectivity index is 1.89. The van der Waals surface area contributed by atoms with E-state index < -0.39 is 17.0 Å². The van der Waals surface area contributed by atoms with Crippen molar-refractivity contribution in [3.8, 4) is 0 Å². The minimum atomic E-state index is -0.898. The highest BCUT2D eigenvalue weighted by molar-refractivity contribution is 7.15. The van der Waals surface area contributed by atoms with Crippen LogP contribution in [0.1, 0.15) is 31.2 Å². The lowest BCUT2D eigenvalue weighted by atomic mass is 9.96. The molecule has 0 aliphatic carbocycles. The highest BCUT2D eigenvalue weighted by Crippen LogP contribution is 2.22. The van der Waals surface area contributed by atoms with E-state index in [2.05, 4.69) is 15.6 Å². The van der Waals surface area contributed by atoms with E-state index in [1.165, 1.54) is 17.4 Å². The number of halogens is 2. The van der Waals surface area contributed by atoms with Gasteiger partial charge in [-0.3, -0.25) is 9.59 Å². The first-order valence-electron chi connectivity index (χ1n) is 7.62. The minimum absolute atomic E-state index is 0.145. The Morgan fingerprint density at radius 1 is 1.20 bits per heavy atom. The summed E-state index contributed by atoms with van der Waals surface area (Å²) in [7, 11) is 0. The fourth-order valence-electron chi connectivity index (χ4n) is 1.89. The molecule has 1 aromatic heterocycles. The molecule has 5 nitrogen and oxygen atoms in total. The second kappa shape index (κ2) is 7.69. The molecule has 0 saturated carbocycles. The Morgan fingerprint density at radius 2 is 1.92 bits per heavy atom. The Labute approximate surface area is 148 Å². The van der Waals surface area contributed by atoms with Crippen molar-refractivity contribution in [2.75, 3.05) is 11.9 Å². The number of carbonyl (C=O) groups excluding carboxylic acids is 2. The first-order valence-corrected chi connectivity index (χ1v) is 8.43. The summed E-state index contributed by atoms with van der Waals surface area (Å²) in [5, 5.41) is 5.53. The predicted molar refractivity (Wildman–Crippen MR) is 92.4 cm³/mol. The molecule has 0 aliphatic rings. The third-order valence-corrected chi connectivity index (χ3v) is 4.17. The zero-order valence-electron chi connectivity index (χ0n) is 14.2. The van der Waals surface area contributed by atoms with Gasteiger partial charge >= 0.3 is 0 Å². The maximum Gasteiger partial charge on any atom is 0.245 e. The fourth-order valence-corrected chi connectivity index (χ4v) is 2.75. The Kier molecular flexibility index (Phi) is 5.84. The molecule has 0 fully saturated rings. The summed E-state index contributed by atoms with van der Waals surface area (Å²) in [6.45, 7) is 5.12. The van der Waals surface area contributed by atoms with E-state index in [1.807, 2.05) is 0 Å². The molecular weight excluding hydrogens is 348 g/mol. The number of nitrogens with zero attached hydrogens (tertiary/aromatic N) is 1. The highest BCUT2D eigenvalue weighted by Gasteiger charge is 2.21. The van der Waals surface area contributed by atoms with E-state index in [0.29, 0.717) is 17.1 Å². The number of benzene rings is 1. The van der Waals surface area contributed by atoms with E-state index in [1.54, 1.807) is 27.0 Å². The summed E-state index contributed by atoms with van der Waals surface area (Å²) in [5.74, 6) is -2.39. The summed E-state index contributed by atoms with van der Waals surface area (Å²) in [6.07, 6.45) is 1.95. The lowest BCUT2D eigenvalue weighted by Gasteiger charge is -2.17. The van der Waals surface area contributed by atoms with Crippen LogP contribution in [0.3, 0.4) is 0 Å². The van der Waals surface area contributed by atoms with Crippen LogP contribution < -0.4 is 10.6 Å². The lowest BCUT2D eigenvalue weighted by Crippen LogP contribution is -2.39. The van der Waals surface area contributed by atoms with Crippen molar-refractivity contribution >= 4 is 28.3 Å². The molecule has 0 spiro atoms. The molecule has 2 rings (SSSR count). The van der Waals surface area contributed by atoms with Crippen molar-refractivity contribution in [3.63, 3.8) is 0 Å². The second-order valence-corrected chi connectivity index (χ2v) is 7.65. The number of anilines is 1. The average molecular weight is 367 g/mol. The van der Waals surface area contributed by atoms with Crippen LogP contribution in [0.25, 0.3) is 0 Å². The van der Waals surface area contributed by atoms with E-state index in [9.17, 15) is 18.4 Å². The number of aromatic nitrogens is 1. The van der Waals surface area contributed by atoms with Gasteiger partial charge in [-0.25, -0.2) is 13.8 Å². The summed E-state index contributed by atoms with van der Waals surface area (Å²) in [5.41, 5.74) is 0.0388. The van der Waals surface area contributed by atoms with Crippen molar-refractivity contribution in [3.05, 3.63) is 46.5 Å². The maximum absolute atomic E-state index is 13.2. The third kappa shape index (κ3) is 5.60. The molecule has 8 heteroatoms. The van der Waals surface area contributed by atoms with E-state index in [4.69, 9.17) is 0 Å². The topological polar surface area (TPSA) is 71.1 Å². The first kappa shape index (κ1) is 19.0. The van der Waals surface area contributed by atoms with Gasteiger partial charge in [-0.05, 0) is 17.7 Å². The molecule has 0 bridgehead atoms. The average Bonchev–Trinajstić information content (AvgIpc) is 2.94. The third-order valence-electron chi connectivity index (χ3n) is 3.25. The lowest BCUT2D eigenvalue weighted by molar-refractivity contribution is -0.130. The number of hydrogen-bond acceptors (Lipinski definition) is 4. The minimum Gasteiger partial charge on any atom is -0.347 e. The number of amides is 2. The molecule has 2 amide bonds. The van der Waals surface area contributed by atoms with Crippen LogP contribution in [0.15, 0.2) is 24.4 Å². The standard InChI is InChI=1S/C17H19F2N3O2S/c1-17(2,3)15(24)20-9-14(23)22-16-21-8-11(25-16)6-10-4-5-12(18)13(19)7-10/h4-5,7-8H,6,9H2,1-3H3,(H,20,24)(H,21,22,23). The Hall–Kier alpha value is -2.35. The number of rotatable bonds is 5. The van der Waals surface area contributed by atoms with Crippen molar-refractivity contribution < 1.29 is 18.4 Å². The summed E-state index contributed by atoms with van der Waals surface area (Å²) >= 11 is 1.23. The largest absolute Gasteiger partial charge is 0.347 e. The van der Waals surface area contributed by atoms with Crippen LogP contribution in [0.5, 0.6) is 0 Å². The molecule has 0 radical (unpaired) electrons. The van der Waals surface area contributed by atoms with Gasteiger partial charge in [-0.15, -0.1) is 11.3 Å².